The van der Waals surface area contributed by atoms with E-state index in [4.69, 9.17) is 35.7 Å². The van der Waals surface area contributed by atoms with Crippen LogP contribution < -0.4 is 15.8 Å². The largest absolute Gasteiger partial charge is 0.481 e. The van der Waals surface area contributed by atoms with E-state index >= 15 is 0 Å². The number of furan rings is 3. The molecular formula is C69H61ClN10O15. The van der Waals surface area contributed by atoms with E-state index in [1.165, 1.54) is 45.4 Å². The lowest BCUT2D eigenvalue weighted by molar-refractivity contribution is -0.384. The Morgan fingerprint density at radius 2 is 0.832 bits per heavy atom. The molecule has 3 aliphatic heterocycles. The van der Waals surface area contributed by atoms with Gasteiger partial charge in [-0.3, -0.25) is 54.3 Å². The Morgan fingerprint density at radius 1 is 0.495 bits per heavy atom. The zero-order valence-electron chi connectivity index (χ0n) is 52.8. The molecule has 11 rings (SSSR count). The van der Waals surface area contributed by atoms with Crippen molar-refractivity contribution in [3.05, 3.63) is 230 Å². The van der Waals surface area contributed by atoms with E-state index in [1.54, 1.807) is 130 Å². The highest BCUT2D eigenvalue weighted by Gasteiger charge is 2.33. The molecule has 0 radical (unpaired) electrons. The summed E-state index contributed by atoms with van der Waals surface area (Å²) in [5.41, 5.74) is 15.5. The van der Waals surface area contributed by atoms with Gasteiger partial charge in [0, 0.05) is 41.8 Å². The number of carboxylic acid groups (broad SMARTS) is 1. The van der Waals surface area contributed by atoms with Crippen molar-refractivity contribution in [2.45, 2.75) is 81.6 Å². The molecule has 25 nitrogen and oxygen atoms in total. The zero-order valence-corrected chi connectivity index (χ0v) is 53.5. The Bertz CT molecular complexity index is 4680. The lowest BCUT2D eigenvalue weighted by Crippen LogP contribution is -2.23. The second-order valence-electron chi connectivity index (χ2n) is 22.4. The van der Waals surface area contributed by atoms with Gasteiger partial charge in [0.15, 0.2) is 0 Å². The van der Waals surface area contributed by atoms with E-state index in [0.29, 0.717) is 126 Å². The smallest absolute Gasteiger partial charge is 0.303 e. The number of carbonyl (C=O) groups is 5. The highest BCUT2D eigenvalue weighted by molar-refractivity contribution is 6.33. The van der Waals surface area contributed by atoms with Crippen molar-refractivity contribution in [2.24, 2.45) is 21.0 Å². The first-order valence-corrected chi connectivity index (χ1v) is 29.7. The molecule has 484 valence electrons. The van der Waals surface area contributed by atoms with Crippen LogP contribution in [0.25, 0.3) is 52.2 Å². The van der Waals surface area contributed by atoms with Crippen LogP contribution in [0.4, 0.5) is 28.4 Å². The van der Waals surface area contributed by atoms with Crippen LogP contribution in [-0.4, -0.2) is 78.2 Å². The quantitative estimate of drug-likeness (QED) is 0.0370. The molecular weight excluding hydrogens is 1240 g/mol. The molecule has 0 atom stereocenters. The van der Waals surface area contributed by atoms with Crippen LogP contribution in [0, 0.1) is 71.9 Å². The molecule has 0 aliphatic carbocycles. The molecule has 5 aromatic carbocycles. The molecule has 3 aromatic heterocycles. The summed E-state index contributed by atoms with van der Waals surface area (Å²) in [6.07, 6.45) is 5.75. The third kappa shape index (κ3) is 15.2. The summed E-state index contributed by atoms with van der Waals surface area (Å²) in [7, 11) is 0. The number of carboxylic acids is 1. The molecule has 3 aliphatic rings. The third-order valence-corrected chi connectivity index (χ3v) is 15.9. The number of rotatable bonds is 17. The topological polar surface area (TPSA) is 347 Å². The maximum absolute atomic E-state index is 13.0. The predicted octanol–water partition coefficient (Wildman–Crippen LogP) is 14.6. The number of amides is 4. The number of aliphatic carboxylic acids is 1. The molecule has 0 bridgehead atoms. The lowest BCUT2D eigenvalue weighted by atomic mass is 10.0. The van der Waals surface area contributed by atoms with Crippen molar-refractivity contribution in [1.29, 1.82) is 0 Å². The van der Waals surface area contributed by atoms with Crippen LogP contribution in [-0.2, 0) is 19.2 Å². The molecule has 8 aromatic rings. The molecule has 26 heteroatoms. The van der Waals surface area contributed by atoms with Gasteiger partial charge in [0.25, 0.3) is 34.8 Å². The van der Waals surface area contributed by atoms with Crippen LogP contribution >= 0.6 is 11.6 Å². The van der Waals surface area contributed by atoms with Gasteiger partial charge in [-0.05, 0) is 230 Å². The number of nitro benzene ring substituents is 3. The van der Waals surface area contributed by atoms with E-state index in [2.05, 4.69) is 15.3 Å². The number of unbranched alkanes of at least 4 members (excludes halogenated alkanes) is 1. The number of nitrogens with zero attached hydrogens (tertiary/aromatic N) is 9. The molecule has 0 unspecified atom stereocenters. The van der Waals surface area contributed by atoms with Crippen molar-refractivity contribution in [3.63, 3.8) is 0 Å². The Labute approximate surface area is 547 Å². The van der Waals surface area contributed by atoms with Gasteiger partial charge in [0.2, 0.25) is 5.91 Å². The van der Waals surface area contributed by atoms with Crippen molar-refractivity contribution in [1.82, 2.24) is 5.01 Å². The van der Waals surface area contributed by atoms with Gasteiger partial charge in [-0.2, -0.15) is 25.3 Å². The molecule has 95 heavy (non-hydrogen) atoms. The average Bonchev–Trinajstić information content (AvgIpc) is 1.75. The standard InChI is InChI=1S/C24H20N4O5.C23H18ClN3O4.C22H23N3O6/c1-13-10-20(21(28(31)32)11-14(13)2)22-9-8-18(33-22)12-19-15(3)26-27(24(19)30)17-6-4-16(5-7-17)23(25)29;1-13-10-20(21(27(29)30)11-14(13)2)22-9-8-18(31-22)12-19-15(3)25-26(23(19)28)17-6-4-16(24)5-7-17;1-13-10-18(19(25(29)30)11-14(13)2)20-8-7-16(31-20)12-17-15(3)23-24(22(17)28)9-5-4-6-21(26)27/h4-12H,1-3H3,(H2,25,29);4-12H,1-3H3;7-8,10-12H,4-6,9H2,1-3H3,(H,26,27)/b2*19-12-;17-12-. The monoisotopic (exact) mass is 1300 g/mol. The molecule has 0 fully saturated rings. The molecule has 6 heterocycles. The zero-order chi connectivity index (χ0) is 68.9. The SMILES string of the molecule is CC1=NN(CCCCC(=O)O)C(=O)/C1=C\c1ccc(-c2cc(C)c(C)cc2[N+](=O)[O-])o1.CC1=NN(c2ccc(C(N)=O)cc2)C(=O)/C1=C\c1ccc(-c2cc(C)c(C)cc2[N+](=O)[O-])o1.CC1=NN(c2ccc(Cl)cc2)C(=O)/C1=C\c1ccc(-c2cc(C)c(C)cc2[N+](=O)[O-])o1. The van der Waals surface area contributed by atoms with Crippen molar-refractivity contribution >= 4 is 105 Å². The van der Waals surface area contributed by atoms with Gasteiger partial charge in [-0.1, -0.05) is 11.6 Å². The first-order valence-electron chi connectivity index (χ1n) is 29.3. The average molecular weight is 1310 g/mol. The van der Waals surface area contributed by atoms with Crippen LogP contribution in [0.3, 0.4) is 0 Å². The summed E-state index contributed by atoms with van der Waals surface area (Å²) in [5, 5.41) is 60.5. The van der Waals surface area contributed by atoms with Crippen molar-refractivity contribution in [2.75, 3.05) is 16.6 Å². The molecule has 3 N–H and O–H groups in total. The van der Waals surface area contributed by atoms with Gasteiger partial charge in [-0.25, -0.2) is 5.01 Å². The number of hydrogen-bond donors (Lipinski definition) is 2. The Balaban J connectivity index is 0.000000168. The maximum Gasteiger partial charge on any atom is 0.303 e. The molecule has 0 saturated carbocycles. The van der Waals surface area contributed by atoms with Gasteiger partial charge in [-0.15, -0.1) is 0 Å². The third-order valence-electron chi connectivity index (χ3n) is 15.7. The normalized spacial score (nSPS) is 14.8. The number of primary amides is 1. The summed E-state index contributed by atoms with van der Waals surface area (Å²) in [6, 6.07) is 32.6. The predicted molar refractivity (Wildman–Crippen MR) is 359 cm³/mol. The van der Waals surface area contributed by atoms with E-state index < -0.39 is 26.6 Å². The summed E-state index contributed by atoms with van der Waals surface area (Å²) in [5.74, 6) is -0.211. The minimum absolute atomic E-state index is 0.0275. The van der Waals surface area contributed by atoms with Crippen LogP contribution in [0.5, 0.6) is 0 Å². The van der Waals surface area contributed by atoms with E-state index in [-0.39, 0.29) is 41.2 Å². The van der Waals surface area contributed by atoms with Gasteiger partial charge < -0.3 is 24.1 Å². The maximum atomic E-state index is 13.0. The Hall–Kier alpha value is -12.0. The highest BCUT2D eigenvalue weighted by atomic mass is 35.5. The first kappa shape index (κ1) is 67.4. The number of halogens is 1. The molecule has 0 saturated heterocycles. The minimum Gasteiger partial charge on any atom is -0.481 e. The number of nitrogens with two attached hydrogens (primary N) is 1. The number of hydrazone groups is 3. The summed E-state index contributed by atoms with van der Waals surface area (Å²) in [6.45, 7) is 16.5. The summed E-state index contributed by atoms with van der Waals surface area (Å²) >= 11 is 5.92. The number of carbonyl (C=O) groups excluding carboxylic acids is 4. The second kappa shape index (κ2) is 28.3. The number of anilines is 2. The molecule has 4 amide bonds. The van der Waals surface area contributed by atoms with Crippen molar-refractivity contribution in [3.8, 4) is 34.0 Å². The molecule has 0 spiro atoms. The number of benzene rings is 5. The Morgan fingerprint density at radius 3 is 1.18 bits per heavy atom. The van der Waals surface area contributed by atoms with E-state index in [1.807, 2.05) is 41.5 Å². The van der Waals surface area contributed by atoms with Gasteiger partial charge >= 0.3 is 5.97 Å². The summed E-state index contributed by atoms with van der Waals surface area (Å²) in [4.78, 5) is 93.5. The second-order valence-corrected chi connectivity index (χ2v) is 22.8. The van der Waals surface area contributed by atoms with E-state index in [0.717, 1.165) is 33.4 Å². The number of nitro groups is 3. The lowest BCUT2D eigenvalue weighted by Gasteiger charge is -2.11. The van der Waals surface area contributed by atoms with Crippen LogP contribution in [0.15, 0.2) is 167 Å². The van der Waals surface area contributed by atoms with E-state index in [9.17, 15) is 54.3 Å². The first-order chi connectivity index (χ1) is 45.1. The summed E-state index contributed by atoms with van der Waals surface area (Å²) < 4.78 is 17.5. The highest BCUT2D eigenvalue weighted by Crippen LogP contribution is 2.38. The van der Waals surface area contributed by atoms with Gasteiger partial charge in [0.1, 0.15) is 34.6 Å². The fourth-order valence-electron chi connectivity index (χ4n) is 10.1. The van der Waals surface area contributed by atoms with Gasteiger partial charge in [0.05, 0.1) is 76.7 Å². The van der Waals surface area contributed by atoms with Crippen LogP contribution in [0.1, 0.15) is 101 Å². The van der Waals surface area contributed by atoms with Crippen molar-refractivity contribution < 1.29 is 57.1 Å². The van der Waals surface area contributed by atoms with Crippen LogP contribution in [0.2, 0.25) is 5.02 Å². The minimum atomic E-state index is -0.870. The fraction of sp³-hybridized carbons (Fsp3) is 0.188. The fourth-order valence-corrected chi connectivity index (χ4v) is 10.2. The number of aryl methyl sites for hydroxylation is 6. The number of hydrogen-bond acceptors (Lipinski definition) is 17. The Kier molecular flexibility index (Phi) is 20.0.